The first-order valence-corrected chi connectivity index (χ1v) is 7.28. The first-order valence-electron chi connectivity index (χ1n) is 5.75. The molecule has 1 aliphatic rings. The Kier molecular flexibility index (Phi) is 4.44. The number of ether oxygens (including phenoxy) is 1. The summed E-state index contributed by atoms with van der Waals surface area (Å²) in [5, 5.41) is 19.7. The minimum atomic E-state index is -4.73. The molecule has 0 aliphatic carbocycles. The summed E-state index contributed by atoms with van der Waals surface area (Å²) >= 11 is 0. The third kappa shape index (κ3) is 3.66. The van der Waals surface area contributed by atoms with E-state index in [1.807, 2.05) is 0 Å². The average molecular weight is 323 g/mol. The highest BCUT2D eigenvalue weighted by molar-refractivity contribution is 7.46. The number of aromatic nitrogens is 2. The summed E-state index contributed by atoms with van der Waals surface area (Å²) in [6.07, 6.45) is -4.03. The molecular weight excluding hydrogens is 309 g/mol. The van der Waals surface area contributed by atoms with Gasteiger partial charge in [0.05, 0.1) is 6.61 Å². The number of phosphoric acid groups is 1. The van der Waals surface area contributed by atoms with Crippen LogP contribution in [-0.4, -0.2) is 54.5 Å². The molecule has 1 fully saturated rings. The minimum Gasteiger partial charge on any atom is -0.387 e. The number of aliphatic hydroxyl groups is 2. The van der Waals surface area contributed by atoms with Crippen molar-refractivity contribution in [2.24, 2.45) is 0 Å². The molecule has 0 radical (unpaired) electrons. The summed E-state index contributed by atoms with van der Waals surface area (Å²) in [6.45, 7) is -0.632. The van der Waals surface area contributed by atoms with Gasteiger partial charge in [0.2, 0.25) is 5.95 Å². The Balaban J connectivity index is 2.16. The van der Waals surface area contributed by atoms with Crippen molar-refractivity contribution in [2.75, 3.05) is 12.3 Å². The first kappa shape index (κ1) is 16.0. The van der Waals surface area contributed by atoms with Crippen molar-refractivity contribution in [1.29, 1.82) is 0 Å². The second-order valence-electron chi connectivity index (χ2n) is 4.36. The lowest BCUT2D eigenvalue weighted by molar-refractivity contribution is -0.0515. The zero-order valence-electron chi connectivity index (χ0n) is 10.5. The van der Waals surface area contributed by atoms with E-state index in [-0.39, 0.29) is 5.95 Å². The largest absolute Gasteiger partial charge is 0.469 e. The van der Waals surface area contributed by atoms with E-state index in [1.165, 1.54) is 6.20 Å². The first-order chi connectivity index (χ1) is 9.69. The van der Waals surface area contributed by atoms with E-state index in [9.17, 15) is 19.6 Å². The van der Waals surface area contributed by atoms with Gasteiger partial charge in [0.25, 0.3) is 5.56 Å². The predicted molar refractivity (Wildman–Crippen MR) is 66.8 cm³/mol. The lowest BCUT2D eigenvalue weighted by Crippen LogP contribution is -2.34. The van der Waals surface area contributed by atoms with Gasteiger partial charge in [-0.15, -0.1) is 0 Å². The van der Waals surface area contributed by atoms with E-state index in [2.05, 4.69) is 9.51 Å². The molecule has 1 aromatic heterocycles. The van der Waals surface area contributed by atoms with Crippen molar-refractivity contribution in [3.8, 4) is 0 Å². The molecule has 0 saturated carbocycles. The molecular formula is C9H14N3O8P. The quantitative estimate of drug-likeness (QED) is 0.374. The van der Waals surface area contributed by atoms with Crippen LogP contribution >= 0.6 is 7.82 Å². The van der Waals surface area contributed by atoms with Gasteiger partial charge in [-0.25, -0.2) is 4.57 Å². The van der Waals surface area contributed by atoms with Crippen LogP contribution < -0.4 is 11.3 Å². The molecule has 6 N–H and O–H groups in total. The Labute approximate surface area is 117 Å². The topological polar surface area (TPSA) is 177 Å². The summed E-state index contributed by atoms with van der Waals surface area (Å²) in [4.78, 5) is 31.7. The number of nitrogen functional groups attached to an aromatic ring is 1. The smallest absolute Gasteiger partial charge is 0.387 e. The zero-order valence-corrected chi connectivity index (χ0v) is 11.4. The molecule has 2 heterocycles. The van der Waals surface area contributed by atoms with Gasteiger partial charge in [0.1, 0.15) is 18.3 Å². The fraction of sp³-hybridized carbons (Fsp3) is 0.556. The minimum absolute atomic E-state index is 0.240. The van der Waals surface area contributed by atoms with Gasteiger partial charge in [-0.2, -0.15) is 4.98 Å². The molecule has 1 aromatic rings. The highest BCUT2D eigenvalue weighted by atomic mass is 31.2. The van der Waals surface area contributed by atoms with Crippen LogP contribution in [0.5, 0.6) is 0 Å². The number of anilines is 1. The molecule has 0 spiro atoms. The molecule has 118 valence electrons. The summed E-state index contributed by atoms with van der Waals surface area (Å²) in [5.41, 5.74) is 4.94. The fourth-order valence-corrected chi connectivity index (χ4v) is 2.25. The summed E-state index contributed by atoms with van der Waals surface area (Å²) in [7, 11) is -4.73. The van der Waals surface area contributed by atoms with Crippen molar-refractivity contribution in [3.05, 3.63) is 22.6 Å². The normalized spacial score (nSPS) is 29.7. The molecule has 2 rings (SSSR count). The lowest BCUT2D eigenvalue weighted by atomic mass is 10.1. The zero-order chi connectivity index (χ0) is 15.8. The summed E-state index contributed by atoms with van der Waals surface area (Å²) < 4.78 is 21.2. The van der Waals surface area contributed by atoms with E-state index >= 15 is 0 Å². The van der Waals surface area contributed by atoms with E-state index < -0.39 is 44.5 Å². The van der Waals surface area contributed by atoms with Crippen molar-refractivity contribution >= 4 is 13.8 Å². The maximum Gasteiger partial charge on any atom is 0.469 e. The summed E-state index contributed by atoms with van der Waals surface area (Å²) in [5.74, 6) is -0.240. The molecule has 1 saturated heterocycles. The van der Waals surface area contributed by atoms with Crippen molar-refractivity contribution in [1.82, 2.24) is 9.55 Å². The average Bonchev–Trinajstić information content (AvgIpc) is 2.64. The van der Waals surface area contributed by atoms with Gasteiger partial charge >= 0.3 is 7.82 Å². The number of hydrogen-bond acceptors (Lipinski definition) is 8. The second-order valence-corrected chi connectivity index (χ2v) is 5.60. The Hall–Kier alpha value is -1.33. The van der Waals surface area contributed by atoms with Gasteiger partial charge in [0.15, 0.2) is 6.23 Å². The van der Waals surface area contributed by atoms with E-state index in [0.717, 1.165) is 10.6 Å². The summed E-state index contributed by atoms with van der Waals surface area (Å²) in [6, 6.07) is 1.08. The third-order valence-corrected chi connectivity index (χ3v) is 3.37. The monoisotopic (exact) mass is 323 g/mol. The second kappa shape index (κ2) is 5.81. The SMILES string of the molecule is Nc1nc(=O)ccn1[C@@H]1O[C@H](COP(=O)(O)O)[C@@H](O)[C@H]1O. The van der Waals surface area contributed by atoms with E-state index in [0.29, 0.717) is 0 Å². The Morgan fingerprint density at radius 2 is 2.10 bits per heavy atom. The number of phosphoric ester groups is 1. The van der Waals surface area contributed by atoms with E-state index in [1.54, 1.807) is 0 Å². The van der Waals surface area contributed by atoms with Crippen LogP contribution in [0.15, 0.2) is 17.1 Å². The highest BCUT2D eigenvalue weighted by Crippen LogP contribution is 2.38. The maximum absolute atomic E-state index is 11.0. The number of hydrogen-bond donors (Lipinski definition) is 5. The fourth-order valence-electron chi connectivity index (χ4n) is 1.91. The molecule has 12 heteroatoms. The Morgan fingerprint density at radius 1 is 1.43 bits per heavy atom. The Bertz CT molecular complexity index is 615. The number of nitrogens with zero attached hydrogens (tertiary/aromatic N) is 2. The number of rotatable bonds is 4. The van der Waals surface area contributed by atoms with Crippen LogP contribution in [0, 0.1) is 0 Å². The number of nitrogens with two attached hydrogens (primary N) is 1. The standard InChI is InChI=1S/C9H14N3O8P/c10-9-11-5(13)1-2-12(9)8-7(15)6(14)4(20-8)3-19-21(16,17)18/h1-2,4,6-8,14-15H,3H2,(H2,10,11,13)(H2,16,17,18)/t4-,6-,7-,8-/m1/s1. The molecule has 4 atom stereocenters. The van der Waals surface area contributed by atoms with E-state index in [4.69, 9.17) is 20.3 Å². The van der Waals surface area contributed by atoms with Gasteiger partial charge in [-0.3, -0.25) is 13.9 Å². The van der Waals surface area contributed by atoms with Crippen LogP contribution in [0.2, 0.25) is 0 Å². The van der Waals surface area contributed by atoms with Gasteiger partial charge < -0.3 is 30.5 Å². The van der Waals surface area contributed by atoms with Crippen molar-refractivity contribution in [3.63, 3.8) is 0 Å². The van der Waals surface area contributed by atoms with Crippen molar-refractivity contribution < 1.29 is 33.8 Å². The van der Waals surface area contributed by atoms with Crippen LogP contribution in [-0.2, 0) is 13.8 Å². The molecule has 11 nitrogen and oxygen atoms in total. The van der Waals surface area contributed by atoms with Gasteiger partial charge in [0, 0.05) is 12.3 Å². The van der Waals surface area contributed by atoms with Crippen molar-refractivity contribution in [2.45, 2.75) is 24.5 Å². The molecule has 0 amide bonds. The van der Waals surface area contributed by atoms with Gasteiger partial charge in [-0.05, 0) is 0 Å². The van der Waals surface area contributed by atoms with Crippen LogP contribution in [0.1, 0.15) is 6.23 Å². The van der Waals surface area contributed by atoms with Crippen LogP contribution in [0.3, 0.4) is 0 Å². The maximum atomic E-state index is 11.0. The third-order valence-electron chi connectivity index (χ3n) is 2.89. The molecule has 1 aliphatic heterocycles. The molecule has 0 bridgehead atoms. The highest BCUT2D eigenvalue weighted by Gasteiger charge is 2.44. The molecule has 0 aromatic carbocycles. The lowest BCUT2D eigenvalue weighted by Gasteiger charge is -2.19. The molecule has 21 heavy (non-hydrogen) atoms. The predicted octanol–water partition coefficient (Wildman–Crippen LogP) is -2.45. The van der Waals surface area contributed by atoms with Crippen LogP contribution in [0.4, 0.5) is 5.95 Å². The Morgan fingerprint density at radius 3 is 2.67 bits per heavy atom. The number of aliphatic hydroxyl groups excluding tert-OH is 2. The van der Waals surface area contributed by atoms with Gasteiger partial charge in [-0.1, -0.05) is 0 Å². The van der Waals surface area contributed by atoms with Crippen LogP contribution in [0.25, 0.3) is 0 Å². The molecule has 0 unspecified atom stereocenters.